The molecule has 0 amide bonds. The summed E-state index contributed by atoms with van der Waals surface area (Å²) < 4.78 is 14.1. The van der Waals surface area contributed by atoms with Gasteiger partial charge in [0.15, 0.2) is 11.5 Å². The monoisotopic (exact) mass is 443 g/mol. The lowest BCUT2D eigenvalue weighted by molar-refractivity contribution is 0.144. The van der Waals surface area contributed by atoms with Crippen LogP contribution in [-0.4, -0.2) is 54.6 Å². The van der Waals surface area contributed by atoms with Gasteiger partial charge in [0.25, 0.3) is 0 Å². The maximum absolute atomic E-state index is 12.7. The highest BCUT2D eigenvalue weighted by Crippen LogP contribution is 2.25. The van der Waals surface area contributed by atoms with Gasteiger partial charge in [-0.3, -0.25) is 4.57 Å². The SMILES string of the molecule is COCCOc1ncccc1-c1ncc2[nH]c(=O)n(Cc3ccc(-n4cccn4)cc3)c2n1. The number of hydrogen-bond donors (Lipinski definition) is 1. The molecule has 4 heterocycles. The Morgan fingerprint density at radius 3 is 2.70 bits per heavy atom. The van der Waals surface area contributed by atoms with Crippen molar-refractivity contribution in [3.63, 3.8) is 0 Å². The largest absolute Gasteiger partial charge is 0.475 e. The van der Waals surface area contributed by atoms with Crippen LogP contribution in [0.3, 0.4) is 0 Å². The molecule has 10 nitrogen and oxygen atoms in total. The second-order valence-electron chi connectivity index (χ2n) is 7.26. The van der Waals surface area contributed by atoms with Gasteiger partial charge in [-0.15, -0.1) is 0 Å². The minimum Gasteiger partial charge on any atom is -0.475 e. The van der Waals surface area contributed by atoms with Crippen molar-refractivity contribution >= 4 is 11.2 Å². The molecule has 10 heteroatoms. The van der Waals surface area contributed by atoms with Crippen LogP contribution in [0, 0.1) is 0 Å². The number of nitrogens with zero attached hydrogens (tertiary/aromatic N) is 6. The van der Waals surface area contributed by atoms with Crippen molar-refractivity contribution in [2.45, 2.75) is 6.54 Å². The van der Waals surface area contributed by atoms with E-state index in [0.29, 0.717) is 48.2 Å². The molecule has 0 fully saturated rings. The number of H-pyrrole nitrogens is 1. The third kappa shape index (κ3) is 4.23. The Morgan fingerprint density at radius 1 is 1.03 bits per heavy atom. The summed E-state index contributed by atoms with van der Waals surface area (Å²) in [7, 11) is 1.61. The van der Waals surface area contributed by atoms with Crippen molar-refractivity contribution in [2.24, 2.45) is 0 Å². The van der Waals surface area contributed by atoms with Gasteiger partial charge in [0.05, 0.1) is 30.6 Å². The molecule has 0 bridgehead atoms. The summed E-state index contributed by atoms with van der Waals surface area (Å²) in [5.74, 6) is 0.831. The fraction of sp³-hybridized carbons (Fsp3) is 0.174. The fourth-order valence-electron chi connectivity index (χ4n) is 3.48. The Kier molecular flexibility index (Phi) is 5.64. The Hall–Kier alpha value is -4.31. The Morgan fingerprint density at radius 2 is 1.91 bits per heavy atom. The predicted octanol–water partition coefficient (Wildman–Crippen LogP) is 2.44. The molecule has 0 aliphatic rings. The zero-order valence-corrected chi connectivity index (χ0v) is 17.9. The Balaban J connectivity index is 1.47. The van der Waals surface area contributed by atoms with Gasteiger partial charge < -0.3 is 14.5 Å². The van der Waals surface area contributed by atoms with Gasteiger partial charge in [-0.1, -0.05) is 12.1 Å². The summed E-state index contributed by atoms with van der Waals surface area (Å²) in [4.78, 5) is 28.8. The second-order valence-corrected chi connectivity index (χ2v) is 7.26. The number of benzene rings is 1. The summed E-state index contributed by atoms with van der Waals surface area (Å²) in [5.41, 5.74) is 3.35. The summed E-state index contributed by atoms with van der Waals surface area (Å²) in [6.45, 7) is 1.15. The van der Waals surface area contributed by atoms with Crippen molar-refractivity contribution < 1.29 is 9.47 Å². The number of methoxy groups -OCH3 is 1. The number of hydrogen-bond acceptors (Lipinski definition) is 7. The van der Waals surface area contributed by atoms with Crippen molar-refractivity contribution in [1.29, 1.82) is 0 Å². The molecule has 0 unspecified atom stereocenters. The highest BCUT2D eigenvalue weighted by molar-refractivity contribution is 5.74. The fourth-order valence-corrected chi connectivity index (χ4v) is 3.48. The number of pyridine rings is 1. The van der Waals surface area contributed by atoms with Crippen LogP contribution in [0.4, 0.5) is 0 Å². The molecule has 33 heavy (non-hydrogen) atoms. The number of rotatable bonds is 8. The molecule has 4 aromatic heterocycles. The standard InChI is InChI=1S/C23H21N7O3/c1-32-12-13-33-22-18(4-2-9-24-22)20-25-14-19-21(28-20)29(23(31)27-19)15-16-5-7-17(8-6-16)30-11-3-10-26-30/h2-11,14H,12-13,15H2,1H3,(H,27,31). The number of aromatic nitrogens is 7. The first-order chi connectivity index (χ1) is 16.2. The molecule has 1 N–H and O–H groups in total. The van der Waals surface area contributed by atoms with Crippen molar-refractivity contribution in [1.82, 2.24) is 34.3 Å². The Bertz CT molecular complexity index is 1420. The molecule has 5 rings (SSSR count). The maximum Gasteiger partial charge on any atom is 0.328 e. The minimum atomic E-state index is -0.254. The third-order valence-electron chi connectivity index (χ3n) is 5.10. The number of imidazole rings is 1. The van der Waals surface area contributed by atoms with E-state index in [9.17, 15) is 4.79 Å². The van der Waals surface area contributed by atoms with E-state index in [1.165, 1.54) is 0 Å². The molecule has 0 saturated carbocycles. The van der Waals surface area contributed by atoms with Gasteiger partial charge in [0.1, 0.15) is 12.1 Å². The quantitative estimate of drug-likeness (QED) is 0.367. The van der Waals surface area contributed by atoms with Gasteiger partial charge in [0, 0.05) is 25.7 Å². The van der Waals surface area contributed by atoms with Gasteiger partial charge in [-0.25, -0.2) is 24.4 Å². The zero-order chi connectivity index (χ0) is 22.6. The third-order valence-corrected chi connectivity index (χ3v) is 5.10. The van der Waals surface area contributed by atoms with E-state index in [1.54, 1.807) is 41.0 Å². The molecule has 0 spiro atoms. The van der Waals surface area contributed by atoms with Gasteiger partial charge in [-0.05, 0) is 35.9 Å². The van der Waals surface area contributed by atoms with Crippen molar-refractivity contribution in [3.8, 4) is 23.0 Å². The molecule has 0 radical (unpaired) electrons. The van der Waals surface area contributed by atoms with E-state index < -0.39 is 0 Å². The normalized spacial score (nSPS) is 11.2. The first-order valence-corrected chi connectivity index (χ1v) is 10.3. The molecule has 0 aliphatic heterocycles. The average molecular weight is 443 g/mol. The minimum absolute atomic E-state index is 0.254. The van der Waals surface area contributed by atoms with E-state index >= 15 is 0 Å². The van der Waals surface area contributed by atoms with Crippen molar-refractivity contribution in [3.05, 3.63) is 83.3 Å². The molecule has 1 aromatic carbocycles. The van der Waals surface area contributed by atoms with E-state index in [2.05, 4.69) is 25.0 Å². The molecule has 0 aliphatic carbocycles. The molecule has 0 saturated heterocycles. The number of fused-ring (bicyclic) bond motifs is 1. The smallest absolute Gasteiger partial charge is 0.328 e. The van der Waals surface area contributed by atoms with Crippen molar-refractivity contribution in [2.75, 3.05) is 20.3 Å². The van der Waals surface area contributed by atoms with E-state index in [1.807, 2.05) is 42.6 Å². The molecule has 5 aromatic rings. The topological polar surface area (TPSA) is 113 Å². The predicted molar refractivity (Wildman–Crippen MR) is 121 cm³/mol. The van der Waals surface area contributed by atoms with E-state index in [4.69, 9.17) is 9.47 Å². The molecule has 166 valence electrons. The van der Waals surface area contributed by atoms with Gasteiger partial charge >= 0.3 is 5.69 Å². The van der Waals surface area contributed by atoms with Crippen LogP contribution >= 0.6 is 0 Å². The summed E-state index contributed by atoms with van der Waals surface area (Å²) in [6.07, 6.45) is 6.85. The highest BCUT2D eigenvalue weighted by Gasteiger charge is 2.15. The molecule has 0 atom stereocenters. The van der Waals surface area contributed by atoms with Crippen LogP contribution in [-0.2, 0) is 11.3 Å². The lowest BCUT2D eigenvalue weighted by Crippen LogP contribution is -2.17. The van der Waals surface area contributed by atoms with E-state index in [0.717, 1.165) is 11.3 Å². The molecular weight excluding hydrogens is 422 g/mol. The second kappa shape index (κ2) is 9.05. The zero-order valence-electron chi connectivity index (χ0n) is 17.9. The first kappa shape index (κ1) is 20.6. The number of aromatic amines is 1. The summed E-state index contributed by atoms with van der Waals surface area (Å²) >= 11 is 0. The van der Waals surface area contributed by atoms with Crippen LogP contribution in [0.1, 0.15) is 5.56 Å². The van der Waals surface area contributed by atoms with Crippen LogP contribution in [0.2, 0.25) is 0 Å². The van der Waals surface area contributed by atoms with Crippen LogP contribution < -0.4 is 10.4 Å². The number of nitrogens with one attached hydrogen (secondary N) is 1. The maximum atomic E-state index is 12.7. The first-order valence-electron chi connectivity index (χ1n) is 10.3. The van der Waals surface area contributed by atoms with Gasteiger partial charge in [-0.2, -0.15) is 5.10 Å². The average Bonchev–Trinajstić information content (AvgIpc) is 3.48. The lowest BCUT2D eigenvalue weighted by Gasteiger charge is -2.09. The molecular formula is C23H21N7O3. The summed E-state index contributed by atoms with van der Waals surface area (Å²) in [6, 6.07) is 13.3. The van der Waals surface area contributed by atoms with Crippen LogP contribution in [0.25, 0.3) is 28.2 Å². The number of ether oxygens (including phenoxy) is 2. The summed E-state index contributed by atoms with van der Waals surface area (Å²) in [5, 5.41) is 4.23. The van der Waals surface area contributed by atoms with E-state index in [-0.39, 0.29) is 5.69 Å². The van der Waals surface area contributed by atoms with Crippen LogP contribution in [0.15, 0.2) is 72.0 Å². The Labute approximate surface area is 188 Å². The lowest BCUT2D eigenvalue weighted by atomic mass is 10.2. The van der Waals surface area contributed by atoms with Gasteiger partial charge in [0.2, 0.25) is 5.88 Å². The van der Waals surface area contributed by atoms with Crippen LogP contribution in [0.5, 0.6) is 5.88 Å². The highest BCUT2D eigenvalue weighted by atomic mass is 16.5.